The molecule has 2 amide bonds. The van der Waals surface area contributed by atoms with Gasteiger partial charge in [0.2, 0.25) is 21.8 Å². The molecule has 2 heterocycles. The third kappa shape index (κ3) is 5.06. The maximum Gasteiger partial charge on any atom is 0.238 e. The minimum absolute atomic E-state index is 0.0423. The number of hydrogen-bond acceptors (Lipinski definition) is 5. The quantitative estimate of drug-likeness (QED) is 0.704. The Hall–Kier alpha value is -1.97. The van der Waals surface area contributed by atoms with Crippen molar-refractivity contribution in [3.05, 3.63) is 29.8 Å². The van der Waals surface area contributed by atoms with E-state index in [-0.39, 0.29) is 35.1 Å². The van der Waals surface area contributed by atoms with Crippen LogP contribution < -0.4 is 10.5 Å². The van der Waals surface area contributed by atoms with Gasteiger partial charge in [0.25, 0.3) is 0 Å². The number of nitrogens with two attached hydrogens (primary N) is 1. The molecule has 0 aliphatic carbocycles. The van der Waals surface area contributed by atoms with E-state index >= 15 is 0 Å². The molecular weight excluding hydrogens is 370 g/mol. The molecule has 0 saturated carbocycles. The lowest BCUT2D eigenvalue weighted by atomic mass is 10.1. The van der Waals surface area contributed by atoms with E-state index in [1.807, 2.05) is 4.90 Å². The van der Waals surface area contributed by atoms with E-state index in [0.717, 1.165) is 18.4 Å². The van der Waals surface area contributed by atoms with Crippen LogP contribution in [0.25, 0.3) is 0 Å². The largest absolute Gasteiger partial charge is 0.381 e. The minimum atomic E-state index is -3.70. The van der Waals surface area contributed by atoms with Crippen molar-refractivity contribution in [1.29, 1.82) is 0 Å². The summed E-state index contributed by atoms with van der Waals surface area (Å²) in [5.41, 5.74) is 0.897. The van der Waals surface area contributed by atoms with Crippen LogP contribution in [0.2, 0.25) is 0 Å². The van der Waals surface area contributed by atoms with E-state index in [1.165, 1.54) is 12.1 Å². The highest BCUT2D eigenvalue weighted by Gasteiger charge is 2.38. The number of ether oxygens (including phenoxy) is 1. The van der Waals surface area contributed by atoms with Gasteiger partial charge in [0.1, 0.15) is 0 Å². The van der Waals surface area contributed by atoms with Gasteiger partial charge in [-0.3, -0.25) is 9.59 Å². The van der Waals surface area contributed by atoms with Gasteiger partial charge in [-0.1, -0.05) is 12.1 Å². The number of hydrogen-bond donors (Lipinski definition) is 2. The van der Waals surface area contributed by atoms with Crippen molar-refractivity contribution in [2.24, 2.45) is 11.1 Å². The zero-order valence-corrected chi connectivity index (χ0v) is 15.9. The first kappa shape index (κ1) is 19.8. The van der Waals surface area contributed by atoms with Gasteiger partial charge in [0.15, 0.2) is 0 Å². The number of carbonyl (C=O) groups excluding carboxylic acids is 2. The number of carbonyl (C=O) groups is 2. The summed E-state index contributed by atoms with van der Waals surface area (Å²) in [4.78, 5) is 26.5. The van der Waals surface area contributed by atoms with E-state index in [4.69, 9.17) is 9.88 Å². The van der Waals surface area contributed by atoms with Crippen molar-refractivity contribution in [3.63, 3.8) is 0 Å². The molecule has 2 fully saturated rings. The van der Waals surface area contributed by atoms with Crippen molar-refractivity contribution >= 4 is 21.8 Å². The minimum Gasteiger partial charge on any atom is -0.381 e. The zero-order chi connectivity index (χ0) is 19.4. The van der Waals surface area contributed by atoms with Crippen LogP contribution in [0.15, 0.2) is 29.2 Å². The molecule has 0 aromatic heterocycles. The predicted octanol–water partition coefficient (Wildman–Crippen LogP) is 0.0202. The highest BCUT2D eigenvalue weighted by Crippen LogP contribution is 2.25. The Labute approximate surface area is 159 Å². The van der Waals surface area contributed by atoms with Crippen LogP contribution in [0.4, 0.5) is 0 Å². The number of nitrogens with one attached hydrogen (secondary N) is 1. The Balaban J connectivity index is 1.46. The molecule has 27 heavy (non-hydrogen) atoms. The molecule has 3 rings (SSSR count). The fraction of sp³-hybridized carbons (Fsp3) is 0.556. The van der Waals surface area contributed by atoms with E-state index in [0.29, 0.717) is 32.7 Å². The molecule has 9 heteroatoms. The van der Waals surface area contributed by atoms with Crippen LogP contribution in [-0.4, -0.2) is 57.5 Å². The molecule has 1 unspecified atom stereocenters. The summed E-state index contributed by atoms with van der Waals surface area (Å²) in [5, 5.41) is 7.95. The summed E-state index contributed by atoms with van der Waals surface area (Å²) >= 11 is 0. The van der Waals surface area contributed by atoms with Gasteiger partial charge in [-0.25, -0.2) is 13.6 Å². The molecule has 1 aromatic rings. The molecule has 1 atom stereocenters. The SMILES string of the molecule is NS(=O)(=O)c1ccc(CCNC(=O)C2CC(=O)N(C3CCOCC3)C2)cc1. The Morgan fingerprint density at radius 2 is 1.89 bits per heavy atom. The predicted molar refractivity (Wildman–Crippen MR) is 98.2 cm³/mol. The van der Waals surface area contributed by atoms with Crippen LogP contribution >= 0.6 is 0 Å². The molecular formula is C18H25N3O5S. The van der Waals surface area contributed by atoms with Crippen molar-refractivity contribution < 1.29 is 22.7 Å². The van der Waals surface area contributed by atoms with Gasteiger partial charge in [0.05, 0.1) is 10.8 Å². The smallest absolute Gasteiger partial charge is 0.238 e. The van der Waals surface area contributed by atoms with Crippen LogP contribution in [-0.2, 0) is 30.8 Å². The molecule has 8 nitrogen and oxygen atoms in total. The topological polar surface area (TPSA) is 119 Å². The lowest BCUT2D eigenvalue weighted by Gasteiger charge is -2.31. The summed E-state index contributed by atoms with van der Waals surface area (Å²) in [6, 6.07) is 6.44. The van der Waals surface area contributed by atoms with Gasteiger partial charge in [0, 0.05) is 38.8 Å². The summed E-state index contributed by atoms with van der Waals surface area (Å²) in [7, 11) is -3.70. The first-order valence-corrected chi connectivity index (χ1v) is 10.7. The third-order valence-corrected chi connectivity index (χ3v) is 6.05. The standard InChI is InChI=1S/C18H25N3O5S/c19-27(24,25)16-3-1-13(2-4-16)5-8-20-18(23)14-11-17(22)21(12-14)15-6-9-26-10-7-15/h1-4,14-15H,5-12H2,(H,20,23)(H2,19,24,25). The summed E-state index contributed by atoms with van der Waals surface area (Å²) in [6.45, 7) is 2.22. The molecule has 148 valence electrons. The lowest BCUT2D eigenvalue weighted by Crippen LogP contribution is -2.41. The number of benzene rings is 1. The second kappa shape index (κ2) is 8.37. The van der Waals surface area contributed by atoms with E-state index < -0.39 is 10.0 Å². The molecule has 3 N–H and O–H groups in total. The first-order chi connectivity index (χ1) is 12.8. The van der Waals surface area contributed by atoms with Crippen LogP contribution in [0.5, 0.6) is 0 Å². The Bertz CT molecular complexity index is 788. The molecule has 1 aromatic carbocycles. The van der Waals surface area contributed by atoms with Gasteiger partial charge in [-0.05, 0) is 37.0 Å². The molecule has 0 bridgehead atoms. The van der Waals surface area contributed by atoms with E-state index in [9.17, 15) is 18.0 Å². The second-order valence-corrected chi connectivity index (χ2v) is 8.58. The molecule has 2 aliphatic heterocycles. The number of nitrogens with zero attached hydrogens (tertiary/aromatic N) is 1. The fourth-order valence-corrected chi connectivity index (χ4v) is 4.09. The Kier molecular flexibility index (Phi) is 6.13. The maximum absolute atomic E-state index is 12.4. The fourth-order valence-electron chi connectivity index (χ4n) is 3.58. The normalized spacial score (nSPS) is 21.4. The maximum atomic E-state index is 12.4. The van der Waals surface area contributed by atoms with Crippen LogP contribution in [0.3, 0.4) is 0 Å². The van der Waals surface area contributed by atoms with Gasteiger partial charge < -0.3 is 15.0 Å². The average Bonchev–Trinajstić information content (AvgIpc) is 3.04. The van der Waals surface area contributed by atoms with Crippen molar-refractivity contribution in [1.82, 2.24) is 10.2 Å². The van der Waals surface area contributed by atoms with Crippen molar-refractivity contribution in [2.75, 3.05) is 26.3 Å². The molecule has 2 aliphatic rings. The van der Waals surface area contributed by atoms with Gasteiger partial charge in [-0.15, -0.1) is 0 Å². The highest BCUT2D eigenvalue weighted by molar-refractivity contribution is 7.89. The third-order valence-electron chi connectivity index (χ3n) is 5.13. The average molecular weight is 395 g/mol. The second-order valence-electron chi connectivity index (χ2n) is 7.02. The monoisotopic (exact) mass is 395 g/mol. The highest BCUT2D eigenvalue weighted by atomic mass is 32.2. The van der Waals surface area contributed by atoms with Gasteiger partial charge >= 0.3 is 0 Å². The number of likely N-dealkylation sites (tertiary alicyclic amines) is 1. The number of sulfonamides is 1. The number of amides is 2. The molecule has 0 spiro atoms. The lowest BCUT2D eigenvalue weighted by molar-refractivity contribution is -0.131. The van der Waals surface area contributed by atoms with Crippen molar-refractivity contribution in [2.45, 2.75) is 36.6 Å². The van der Waals surface area contributed by atoms with E-state index in [1.54, 1.807) is 12.1 Å². The van der Waals surface area contributed by atoms with Crippen molar-refractivity contribution in [3.8, 4) is 0 Å². The Morgan fingerprint density at radius 1 is 1.22 bits per heavy atom. The number of primary sulfonamides is 1. The first-order valence-electron chi connectivity index (χ1n) is 9.11. The molecule has 0 radical (unpaired) electrons. The van der Waals surface area contributed by atoms with Gasteiger partial charge in [-0.2, -0.15) is 0 Å². The zero-order valence-electron chi connectivity index (χ0n) is 15.1. The number of rotatable bonds is 6. The summed E-state index contributed by atoms with van der Waals surface area (Å²) < 4.78 is 27.8. The summed E-state index contributed by atoms with van der Waals surface area (Å²) in [5.74, 6) is -0.384. The summed E-state index contributed by atoms with van der Waals surface area (Å²) in [6.07, 6.45) is 2.48. The Morgan fingerprint density at radius 3 is 2.52 bits per heavy atom. The van der Waals surface area contributed by atoms with E-state index in [2.05, 4.69) is 5.32 Å². The van der Waals surface area contributed by atoms with Crippen LogP contribution in [0.1, 0.15) is 24.8 Å². The molecule has 2 saturated heterocycles. The van der Waals surface area contributed by atoms with Crippen LogP contribution in [0, 0.1) is 5.92 Å².